The molecular formula is C16H14F3N5O4. The second-order valence-electron chi connectivity index (χ2n) is 5.84. The number of carbonyl (C=O) groups excluding carboxylic acids is 1. The molecule has 0 aliphatic carbocycles. The minimum absolute atomic E-state index is 0.00102. The lowest BCUT2D eigenvalue weighted by molar-refractivity contribution is -0.274. The zero-order valence-electron chi connectivity index (χ0n) is 14.9. The van der Waals surface area contributed by atoms with Gasteiger partial charge in [-0.15, -0.1) is 13.2 Å². The average molecular weight is 397 g/mol. The summed E-state index contributed by atoms with van der Waals surface area (Å²) in [6, 6.07) is 3.89. The molecular weight excluding hydrogens is 383 g/mol. The van der Waals surface area contributed by atoms with Crippen molar-refractivity contribution in [3.8, 4) is 17.5 Å². The average Bonchev–Trinajstić information content (AvgIpc) is 2.83. The van der Waals surface area contributed by atoms with E-state index in [0.29, 0.717) is 0 Å². The summed E-state index contributed by atoms with van der Waals surface area (Å²) < 4.78 is 48.3. The lowest BCUT2D eigenvalue weighted by Crippen LogP contribution is -2.35. The van der Waals surface area contributed by atoms with E-state index >= 15 is 0 Å². The summed E-state index contributed by atoms with van der Waals surface area (Å²) in [7, 11) is 4.39. The molecule has 0 aliphatic heterocycles. The molecule has 1 amide bonds. The van der Waals surface area contributed by atoms with Gasteiger partial charge in [0.05, 0.1) is 6.20 Å². The SMILES string of the molecule is CN(C)C(=O)n1c(=O)n(C)c2cnc(Oc3cccc(OC(F)(F)F)c3)nc21. The first-order valence-electron chi connectivity index (χ1n) is 7.76. The van der Waals surface area contributed by atoms with Crippen LogP contribution in [0, 0.1) is 0 Å². The highest BCUT2D eigenvalue weighted by molar-refractivity contribution is 5.86. The van der Waals surface area contributed by atoms with Crippen LogP contribution in [0.25, 0.3) is 11.2 Å². The van der Waals surface area contributed by atoms with E-state index in [9.17, 15) is 22.8 Å². The van der Waals surface area contributed by atoms with Crippen LogP contribution < -0.4 is 15.2 Å². The number of aryl methyl sites for hydroxylation is 1. The molecule has 1 aromatic carbocycles. The van der Waals surface area contributed by atoms with E-state index in [1.165, 1.54) is 48.9 Å². The quantitative estimate of drug-likeness (QED) is 0.674. The molecule has 0 aliphatic rings. The molecule has 0 spiro atoms. The fourth-order valence-electron chi connectivity index (χ4n) is 2.36. The lowest BCUT2D eigenvalue weighted by atomic mass is 10.3. The van der Waals surface area contributed by atoms with Gasteiger partial charge in [0.15, 0.2) is 5.65 Å². The van der Waals surface area contributed by atoms with Crippen LogP contribution in [0.3, 0.4) is 0 Å². The Kier molecular flexibility index (Phi) is 4.71. The molecule has 2 heterocycles. The van der Waals surface area contributed by atoms with Crippen LogP contribution in [0.4, 0.5) is 18.0 Å². The van der Waals surface area contributed by atoms with Gasteiger partial charge in [-0.3, -0.25) is 4.57 Å². The predicted octanol–water partition coefficient (Wildman–Crippen LogP) is 2.35. The van der Waals surface area contributed by atoms with Crippen LogP contribution in [0.2, 0.25) is 0 Å². The van der Waals surface area contributed by atoms with Gasteiger partial charge in [-0.25, -0.2) is 14.6 Å². The lowest BCUT2D eigenvalue weighted by Gasteiger charge is -2.11. The molecule has 2 aromatic heterocycles. The number of hydrogen-bond acceptors (Lipinski definition) is 6. The van der Waals surface area contributed by atoms with E-state index in [1.807, 2.05) is 0 Å². The van der Waals surface area contributed by atoms with Crippen molar-refractivity contribution < 1.29 is 27.4 Å². The van der Waals surface area contributed by atoms with Crippen LogP contribution in [-0.2, 0) is 7.05 Å². The van der Waals surface area contributed by atoms with E-state index in [0.717, 1.165) is 16.7 Å². The van der Waals surface area contributed by atoms with Gasteiger partial charge in [0.2, 0.25) is 0 Å². The number of nitrogens with zero attached hydrogens (tertiary/aromatic N) is 5. The molecule has 0 unspecified atom stereocenters. The highest BCUT2D eigenvalue weighted by atomic mass is 19.4. The maximum Gasteiger partial charge on any atom is 0.573 e. The summed E-state index contributed by atoms with van der Waals surface area (Å²) >= 11 is 0. The Hall–Kier alpha value is -3.57. The van der Waals surface area contributed by atoms with Gasteiger partial charge < -0.3 is 14.4 Å². The standard InChI is InChI=1S/C16H14F3N5O4/c1-22(2)14(25)24-12-11(23(3)15(24)26)8-20-13(21-12)27-9-5-4-6-10(7-9)28-16(17,18)19/h4-8H,1-3H3. The van der Waals surface area contributed by atoms with Crippen molar-refractivity contribution in [3.63, 3.8) is 0 Å². The summed E-state index contributed by atoms with van der Waals surface area (Å²) in [5.74, 6) is -0.504. The first-order valence-corrected chi connectivity index (χ1v) is 7.76. The van der Waals surface area contributed by atoms with Crippen molar-refractivity contribution in [3.05, 3.63) is 40.9 Å². The molecule has 3 aromatic rings. The molecule has 0 atom stereocenters. The fourth-order valence-corrected chi connectivity index (χ4v) is 2.36. The normalized spacial score (nSPS) is 11.5. The van der Waals surface area contributed by atoms with Crippen molar-refractivity contribution in [1.29, 1.82) is 0 Å². The number of rotatable bonds is 3. The van der Waals surface area contributed by atoms with Crippen molar-refractivity contribution in [2.24, 2.45) is 7.05 Å². The number of ether oxygens (including phenoxy) is 2. The maximum absolute atomic E-state index is 12.3. The topological polar surface area (TPSA) is 91.5 Å². The molecule has 0 fully saturated rings. The molecule has 28 heavy (non-hydrogen) atoms. The maximum atomic E-state index is 12.3. The van der Waals surface area contributed by atoms with Crippen LogP contribution in [0.15, 0.2) is 35.3 Å². The van der Waals surface area contributed by atoms with Crippen LogP contribution in [0.1, 0.15) is 0 Å². The van der Waals surface area contributed by atoms with Crippen molar-refractivity contribution in [2.75, 3.05) is 14.1 Å². The predicted molar refractivity (Wildman–Crippen MR) is 90.4 cm³/mol. The third-order valence-electron chi connectivity index (χ3n) is 3.60. The Labute approximate surface area is 155 Å². The Balaban J connectivity index is 1.99. The number of alkyl halides is 3. The van der Waals surface area contributed by atoms with Gasteiger partial charge in [-0.1, -0.05) is 6.07 Å². The third kappa shape index (κ3) is 3.75. The molecule has 0 saturated heterocycles. The molecule has 148 valence electrons. The molecule has 0 saturated carbocycles. The number of hydrogen-bond donors (Lipinski definition) is 0. The second-order valence-corrected chi connectivity index (χ2v) is 5.84. The summed E-state index contributed by atoms with van der Waals surface area (Å²) in [5.41, 5.74) is -0.346. The zero-order chi connectivity index (χ0) is 20.6. The van der Waals surface area contributed by atoms with Gasteiger partial charge in [0, 0.05) is 27.2 Å². The molecule has 0 N–H and O–H groups in total. The van der Waals surface area contributed by atoms with Crippen LogP contribution in [-0.4, -0.2) is 50.5 Å². The fraction of sp³-hybridized carbons (Fsp3) is 0.250. The van der Waals surface area contributed by atoms with Crippen LogP contribution >= 0.6 is 0 Å². The Bertz CT molecular complexity index is 1100. The number of imidazole rings is 1. The molecule has 0 radical (unpaired) electrons. The summed E-state index contributed by atoms with van der Waals surface area (Å²) in [4.78, 5) is 33.8. The van der Waals surface area contributed by atoms with Gasteiger partial charge in [-0.2, -0.15) is 9.55 Å². The number of fused-ring (bicyclic) bond motifs is 1. The Morgan fingerprint density at radius 2 is 1.89 bits per heavy atom. The molecule has 12 heteroatoms. The summed E-state index contributed by atoms with van der Waals surface area (Å²) in [6.45, 7) is 0. The van der Waals surface area contributed by atoms with Crippen LogP contribution in [0.5, 0.6) is 17.5 Å². The van der Waals surface area contributed by atoms with E-state index < -0.39 is 23.8 Å². The summed E-state index contributed by atoms with van der Waals surface area (Å²) in [5, 5.41) is 0. The smallest absolute Gasteiger partial charge is 0.424 e. The first-order chi connectivity index (χ1) is 13.1. The molecule has 0 bridgehead atoms. The van der Waals surface area contributed by atoms with E-state index in [1.54, 1.807) is 0 Å². The van der Waals surface area contributed by atoms with Gasteiger partial charge >= 0.3 is 24.1 Å². The minimum atomic E-state index is -4.85. The number of amides is 1. The van der Waals surface area contributed by atoms with Crippen molar-refractivity contribution in [2.45, 2.75) is 6.36 Å². The van der Waals surface area contributed by atoms with Gasteiger partial charge in [-0.05, 0) is 12.1 Å². The highest BCUT2D eigenvalue weighted by Gasteiger charge is 2.31. The zero-order valence-corrected chi connectivity index (χ0v) is 14.9. The van der Waals surface area contributed by atoms with E-state index in [2.05, 4.69) is 14.7 Å². The second kappa shape index (κ2) is 6.87. The monoisotopic (exact) mass is 397 g/mol. The van der Waals surface area contributed by atoms with Gasteiger partial charge in [0.1, 0.15) is 17.0 Å². The van der Waals surface area contributed by atoms with E-state index in [4.69, 9.17) is 4.74 Å². The first kappa shape index (κ1) is 19.2. The largest absolute Gasteiger partial charge is 0.573 e. The van der Waals surface area contributed by atoms with Gasteiger partial charge in [0.25, 0.3) is 0 Å². The van der Waals surface area contributed by atoms with E-state index in [-0.39, 0.29) is 22.9 Å². The number of aromatic nitrogens is 4. The Morgan fingerprint density at radius 1 is 1.21 bits per heavy atom. The van der Waals surface area contributed by atoms with Crippen molar-refractivity contribution in [1.82, 2.24) is 24.0 Å². The third-order valence-corrected chi connectivity index (χ3v) is 3.60. The molecule has 3 rings (SSSR count). The number of benzene rings is 1. The molecule has 9 nitrogen and oxygen atoms in total. The number of halogens is 3. The van der Waals surface area contributed by atoms with Crippen molar-refractivity contribution >= 4 is 17.2 Å². The highest BCUT2D eigenvalue weighted by Crippen LogP contribution is 2.28. The minimum Gasteiger partial charge on any atom is -0.424 e. The Morgan fingerprint density at radius 3 is 2.54 bits per heavy atom. The number of carbonyl (C=O) groups is 1. The summed E-state index contributed by atoms with van der Waals surface area (Å²) in [6.07, 6.45) is -3.57.